The lowest BCUT2D eigenvalue weighted by Gasteiger charge is -2.17. The minimum absolute atomic E-state index is 0.0742. The molecule has 5 nitrogen and oxygen atoms in total. The molecule has 1 N–H and O–H groups in total. The molecule has 0 saturated heterocycles. The summed E-state index contributed by atoms with van der Waals surface area (Å²) in [5.41, 5.74) is 1.71. The van der Waals surface area contributed by atoms with Crippen molar-refractivity contribution in [3.8, 4) is 5.75 Å². The summed E-state index contributed by atoms with van der Waals surface area (Å²) in [6, 6.07) is 3.67. The molecular formula is C11H14N4OS. The SMILES string of the molecule is CCNC(c1csnn1)c1ncccc1OC. The summed E-state index contributed by atoms with van der Waals surface area (Å²) in [6.45, 7) is 2.87. The molecule has 2 heterocycles. The molecule has 1 unspecified atom stereocenters. The van der Waals surface area contributed by atoms with E-state index >= 15 is 0 Å². The first-order valence-electron chi connectivity index (χ1n) is 5.36. The van der Waals surface area contributed by atoms with Gasteiger partial charge in [0.1, 0.15) is 11.4 Å². The fourth-order valence-corrected chi connectivity index (χ4v) is 2.12. The quantitative estimate of drug-likeness (QED) is 0.874. The molecule has 2 aromatic heterocycles. The molecule has 0 spiro atoms. The first-order chi connectivity index (χ1) is 8.36. The molecular weight excluding hydrogens is 236 g/mol. The van der Waals surface area contributed by atoms with Crippen LogP contribution in [0.1, 0.15) is 24.4 Å². The maximum Gasteiger partial charge on any atom is 0.142 e. The van der Waals surface area contributed by atoms with E-state index in [4.69, 9.17) is 4.74 Å². The lowest BCUT2D eigenvalue weighted by molar-refractivity contribution is 0.399. The van der Waals surface area contributed by atoms with Gasteiger partial charge in [0, 0.05) is 11.6 Å². The molecule has 0 saturated carbocycles. The average Bonchev–Trinajstić information content (AvgIpc) is 2.89. The van der Waals surface area contributed by atoms with E-state index in [-0.39, 0.29) is 6.04 Å². The zero-order chi connectivity index (χ0) is 12.1. The normalized spacial score (nSPS) is 12.4. The summed E-state index contributed by atoms with van der Waals surface area (Å²) in [7, 11) is 1.64. The molecule has 0 radical (unpaired) electrons. The minimum Gasteiger partial charge on any atom is -0.495 e. The van der Waals surface area contributed by atoms with Crippen LogP contribution in [0.3, 0.4) is 0 Å². The highest BCUT2D eigenvalue weighted by molar-refractivity contribution is 7.03. The van der Waals surface area contributed by atoms with Crippen LogP contribution in [-0.2, 0) is 0 Å². The number of nitrogens with zero attached hydrogens (tertiary/aromatic N) is 3. The van der Waals surface area contributed by atoms with Crippen molar-refractivity contribution in [2.45, 2.75) is 13.0 Å². The van der Waals surface area contributed by atoms with Crippen LogP contribution < -0.4 is 10.1 Å². The Balaban J connectivity index is 2.39. The molecule has 0 bridgehead atoms. The number of aromatic nitrogens is 3. The van der Waals surface area contributed by atoms with E-state index in [1.54, 1.807) is 13.3 Å². The summed E-state index contributed by atoms with van der Waals surface area (Å²) in [6.07, 6.45) is 1.75. The Kier molecular flexibility index (Phi) is 4.00. The van der Waals surface area contributed by atoms with Crippen molar-refractivity contribution in [2.24, 2.45) is 0 Å². The molecule has 90 valence electrons. The Morgan fingerprint density at radius 1 is 1.53 bits per heavy atom. The fraction of sp³-hybridized carbons (Fsp3) is 0.364. The molecule has 6 heteroatoms. The predicted molar refractivity (Wildman–Crippen MR) is 66.2 cm³/mol. The molecule has 0 fully saturated rings. The molecule has 2 aromatic rings. The van der Waals surface area contributed by atoms with Crippen LogP contribution in [0.2, 0.25) is 0 Å². The van der Waals surface area contributed by atoms with Crippen molar-refractivity contribution in [1.29, 1.82) is 0 Å². The molecule has 1 atom stereocenters. The van der Waals surface area contributed by atoms with Gasteiger partial charge < -0.3 is 10.1 Å². The third kappa shape index (κ3) is 2.59. The standard InChI is InChI=1S/C11H14N4OS/c1-3-12-10(8-7-17-15-14-8)11-9(16-2)5-4-6-13-11/h4-7,10,12H,3H2,1-2H3. The van der Waals surface area contributed by atoms with Gasteiger partial charge in [-0.3, -0.25) is 4.98 Å². The maximum atomic E-state index is 5.32. The second kappa shape index (κ2) is 5.70. The number of pyridine rings is 1. The number of hydrogen-bond donors (Lipinski definition) is 1. The summed E-state index contributed by atoms with van der Waals surface area (Å²) in [5.74, 6) is 0.756. The second-order valence-electron chi connectivity index (χ2n) is 3.41. The topological polar surface area (TPSA) is 59.9 Å². The Morgan fingerprint density at radius 3 is 3.06 bits per heavy atom. The van der Waals surface area contributed by atoms with Crippen LogP contribution in [0.25, 0.3) is 0 Å². The highest BCUT2D eigenvalue weighted by Crippen LogP contribution is 2.26. The molecule has 2 rings (SSSR count). The van der Waals surface area contributed by atoms with Crippen LogP contribution in [0.4, 0.5) is 0 Å². The molecule has 0 aliphatic rings. The van der Waals surface area contributed by atoms with Gasteiger partial charge in [-0.05, 0) is 30.2 Å². The van der Waals surface area contributed by atoms with Crippen LogP contribution in [0.15, 0.2) is 23.7 Å². The summed E-state index contributed by atoms with van der Waals surface area (Å²) < 4.78 is 9.21. The van der Waals surface area contributed by atoms with Crippen molar-refractivity contribution in [3.05, 3.63) is 35.1 Å². The van der Waals surface area contributed by atoms with E-state index in [1.165, 1.54) is 11.5 Å². The van der Waals surface area contributed by atoms with Crippen molar-refractivity contribution >= 4 is 11.5 Å². The van der Waals surface area contributed by atoms with Crippen molar-refractivity contribution in [2.75, 3.05) is 13.7 Å². The zero-order valence-corrected chi connectivity index (χ0v) is 10.6. The van der Waals surface area contributed by atoms with Crippen molar-refractivity contribution in [1.82, 2.24) is 19.9 Å². The molecule has 0 amide bonds. The monoisotopic (exact) mass is 250 g/mol. The Labute approximate surface area is 104 Å². The Bertz CT molecular complexity index is 460. The van der Waals surface area contributed by atoms with Crippen molar-refractivity contribution in [3.63, 3.8) is 0 Å². The largest absolute Gasteiger partial charge is 0.495 e. The first-order valence-corrected chi connectivity index (χ1v) is 6.19. The number of ether oxygens (including phenoxy) is 1. The summed E-state index contributed by atoms with van der Waals surface area (Å²) in [5, 5.41) is 9.35. The summed E-state index contributed by atoms with van der Waals surface area (Å²) in [4.78, 5) is 4.37. The molecule has 0 aromatic carbocycles. The predicted octanol–water partition coefficient (Wildman–Crippen LogP) is 1.64. The van der Waals surface area contributed by atoms with Crippen LogP contribution in [0, 0.1) is 0 Å². The van der Waals surface area contributed by atoms with Crippen LogP contribution >= 0.6 is 11.5 Å². The van der Waals surface area contributed by atoms with Crippen LogP contribution in [0.5, 0.6) is 5.75 Å². The van der Waals surface area contributed by atoms with Gasteiger partial charge in [0.2, 0.25) is 0 Å². The van der Waals surface area contributed by atoms with E-state index < -0.39 is 0 Å². The number of nitrogens with one attached hydrogen (secondary N) is 1. The zero-order valence-electron chi connectivity index (χ0n) is 9.75. The number of methoxy groups -OCH3 is 1. The van der Waals surface area contributed by atoms with E-state index in [2.05, 4.69) is 19.9 Å². The van der Waals surface area contributed by atoms with Gasteiger partial charge in [-0.25, -0.2) is 0 Å². The Hall–Kier alpha value is -1.53. The van der Waals surface area contributed by atoms with Gasteiger partial charge in [0.25, 0.3) is 0 Å². The lowest BCUT2D eigenvalue weighted by atomic mass is 10.1. The van der Waals surface area contributed by atoms with Crippen LogP contribution in [-0.4, -0.2) is 28.2 Å². The minimum atomic E-state index is -0.0742. The van der Waals surface area contributed by atoms with E-state index in [0.717, 1.165) is 23.7 Å². The smallest absolute Gasteiger partial charge is 0.142 e. The van der Waals surface area contributed by atoms with Gasteiger partial charge in [-0.1, -0.05) is 11.4 Å². The van der Waals surface area contributed by atoms with Gasteiger partial charge >= 0.3 is 0 Å². The third-order valence-electron chi connectivity index (χ3n) is 2.37. The van der Waals surface area contributed by atoms with Gasteiger partial charge in [0.15, 0.2) is 0 Å². The summed E-state index contributed by atoms with van der Waals surface area (Å²) >= 11 is 1.33. The molecule has 17 heavy (non-hydrogen) atoms. The number of hydrogen-bond acceptors (Lipinski definition) is 6. The molecule has 0 aliphatic heterocycles. The molecule has 0 aliphatic carbocycles. The maximum absolute atomic E-state index is 5.32. The highest BCUT2D eigenvalue weighted by atomic mass is 32.1. The van der Waals surface area contributed by atoms with E-state index in [1.807, 2.05) is 24.4 Å². The fourth-order valence-electron chi connectivity index (χ4n) is 1.64. The van der Waals surface area contributed by atoms with Gasteiger partial charge in [-0.15, -0.1) is 5.10 Å². The van der Waals surface area contributed by atoms with Gasteiger partial charge in [0.05, 0.1) is 18.8 Å². The third-order valence-corrected chi connectivity index (χ3v) is 2.90. The average molecular weight is 250 g/mol. The second-order valence-corrected chi connectivity index (χ2v) is 4.02. The number of rotatable bonds is 5. The van der Waals surface area contributed by atoms with E-state index in [0.29, 0.717) is 0 Å². The van der Waals surface area contributed by atoms with Gasteiger partial charge in [-0.2, -0.15) is 0 Å². The van der Waals surface area contributed by atoms with E-state index in [9.17, 15) is 0 Å². The van der Waals surface area contributed by atoms with Crippen molar-refractivity contribution < 1.29 is 4.74 Å². The Morgan fingerprint density at radius 2 is 2.41 bits per heavy atom. The first kappa shape index (κ1) is 11.9. The lowest BCUT2D eigenvalue weighted by Crippen LogP contribution is -2.23. The highest BCUT2D eigenvalue weighted by Gasteiger charge is 2.20.